The normalized spacial score (nSPS) is 20.9. The van der Waals surface area contributed by atoms with E-state index in [4.69, 9.17) is 0 Å². The lowest BCUT2D eigenvalue weighted by Crippen LogP contribution is -2.51. The van der Waals surface area contributed by atoms with E-state index in [1.54, 1.807) is 22.8 Å². The average Bonchev–Trinajstić information content (AvgIpc) is 2.47. The predicted octanol–water partition coefficient (Wildman–Crippen LogP) is 0.490. The number of pyridine rings is 1. The molecule has 1 aromatic rings. The van der Waals surface area contributed by atoms with Crippen LogP contribution in [0, 0.1) is 0 Å². The van der Waals surface area contributed by atoms with Crippen LogP contribution in [0.2, 0.25) is 0 Å². The summed E-state index contributed by atoms with van der Waals surface area (Å²) in [6.45, 7) is 1.56. The Morgan fingerprint density at radius 2 is 2.30 bits per heavy atom. The summed E-state index contributed by atoms with van der Waals surface area (Å²) in [6, 6.07) is 3.70. The molecule has 2 N–H and O–H groups in total. The highest BCUT2D eigenvalue weighted by Gasteiger charge is 2.31. The van der Waals surface area contributed by atoms with Gasteiger partial charge < -0.3 is 5.32 Å². The van der Waals surface area contributed by atoms with E-state index in [2.05, 4.69) is 15.0 Å². The summed E-state index contributed by atoms with van der Waals surface area (Å²) in [5.41, 5.74) is 0.859. The van der Waals surface area contributed by atoms with Gasteiger partial charge in [-0.25, -0.2) is 0 Å². The van der Waals surface area contributed by atoms with Crippen LogP contribution in [-0.4, -0.2) is 43.9 Å². The van der Waals surface area contributed by atoms with Gasteiger partial charge in [-0.3, -0.25) is 4.98 Å². The number of likely N-dealkylation sites (N-methyl/N-ethyl adjacent to an activating group) is 1. The van der Waals surface area contributed by atoms with E-state index in [1.807, 2.05) is 13.1 Å². The Morgan fingerprint density at radius 3 is 3.00 bits per heavy atom. The molecule has 0 spiro atoms. The van der Waals surface area contributed by atoms with Gasteiger partial charge in [-0.1, -0.05) is 12.5 Å². The fraction of sp³-hybridized carbons (Fsp3) is 0.615. The minimum atomic E-state index is -3.44. The highest BCUT2D eigenvalue weighted by atomic mass is 32.2. The van der Waals surface area contributed by atoms with Gasteiger partial charge in [0.25, 0.3) is 10.2 Å². The Morgan fingerprint density at radius 1 is 1.45 bits per heavy atom. The van der Waals surface area contributed by atoms with Gasteiger partial charge in [-0.15, -0.1) is 0 Å². The number of aromatic nitrogens is 1. The van der Waals surface area contributed by atoms with E-state index in [0.29, 0.717) is 13.1 Å². The van der Waals surface area contributed by atoms with Crippen LogP contribution in [0.4, 0.5) is 0 Å². The molecule has 6 nitrogen and oxygen atoms in total. The van der Waals surface area contributed by atoms with Crippen molar-refractivity contribution < 1.29 is 8.42 Å². The summed E-state index contributed by atoms with van der Waals surface area (Å²) in [6.07, 6.45) is 6.26. The monoisotopic (exact) mass is 298 g/mol. The first-order valence-corrected chi connectivity index (χ1v) is 8.37. The van der Waals surface area contributed by atoms with E-state index in [9.17, 15) is 8.42 Å². The molecule has 2 heterocycles. The molecule has 112 valence electrons. The maximum atomic E-state index is 12.4. The molecule has 0 aromatic carbocycles. The van der Waals surface area contributed by atoms with Crippen LogP contribution in [0.5, 0.6) is 0 Å². The van der Waals surface area contributed by atoms with Crippen molar-refractivity contribution in [3.63, 3.8) is 0 Å². The third-order valence-electron chi connectivity index (χ3n) is 3.50. The predicted molar refractivity (Wildman–Crippen MR) is 78.3 cm³/mol. The van der Waals surface area contributed by atoms with Crippen LogP contribution in [0.1, 0.15) is 24.8 Å². The summed E-state index contributed by atoms with van der Waals surface area (Å²) < 4.78 is 29.1. The third-order valence-corrected chi connectivity index (χ3v) is 5.11. The van der Waals surface area contributed by atoms with Crippen LogP contribution in [0.15, 0.2) is 24.5 Å². The van der Waals surface area contributed by atoms with Crippen molar-refractivity contribution in [1.29, 1.82) is 0 Å². The van der Waals surface area contributed by atoms with Crippen molar-refractivity contribution in [2.75, 3.05) is 20.1 Å². The number of piperidine rings is 1. The molecular formula is C13H22N4O2S. The maximum Gasteiger partial charge on any atom is 0.280 e. The molecule has 7 heteroatoms. The van der Waals surface area contributed by atoms with Crippen LogP contribution in [0.25, 0.3) is 0 Å². The fourth-order valence-corrected chi connectivity index (χ4v) is 3.95. The minimum Gasteiger partial charge on any atom is -0.318 e. The zero-order valence-electron chi connectivity index (χ0n) is 11.7. The van der Waals surface area contributed by atoms with Gasteiger partial charge in [0.15, 0.2) is 0 Å². The first-order chi connectivity index (χ1) is 9.63. The molecule has 0 amide bonds. The number of nitrogens with zero attached hydrogens (tertiary/aromatic N) is 2. The summed E-state index contributed by atoms with van der Waals surface area (Å²) >= 11 is 0. The van der Waals surface area contributed by atoms with Gasteiger partial charge >= 0.3 is 0 Å². The third kappa shape index (κ3) is 3.99. The van der Waals surface area contributed by atoms with Gasteiger partial charge in [-0.05, 0) is 31.5 Å². The zero-order valence-corrected chi connectivity index (χ0v) is 12.6. The van der Waals surface area contributed by atoms with Crippen molar-refractivity contribution in [3.8, 4) is 0 Å². The first kappa shape index (κ1) is 15.4. The van der Waals surface area contributed by atoms with Crippen LogP contribution in [0.3, 0.4) is 0 Å². The second-order valence-corrected chi connectivity index (χ2v) is 6.71. The van der Waals surface area contributed by atoms with Crippen LogP contribution < -0.4 is 10.0 Å². The highest BCUT2D eigenvalue weighted by molar-refractivity contribution is 7.87. The molecule has 0 saturated carbocycles. The van der Waals surface area contributed by atoms with E-state index >= 15 is 0 Å². The Hall–Kier alpha value is -1.02. The van der Waals surface area contributed by atoms with Gasteiger partial charge in [0.05, 0.1) is 0 Å². The highest BCUT2D eigenvalue weighted by Crippen LogP contribution is 2.19. The van der Waals surface area contributed by atoms with Gasteiger partial charge in [0.1, 0.15) is 0 Å². The van der Waals surface area contributed by atoms with Crippen LogP contribution >= 0.6 is 0 Å². The average molecular weight is 298 g/mol. The summed E-state index contributed by atoms with van der Waals surface area (Å²) in [5, 5.41) is 3.07. The lowest BCUT2D eigenvalue weighted by molar-refractivity contribution is 0.246. The number of hydrogen-bond acceptors (Lipinski definition) is 4. The van der Waals surface area contributed by atoms with E-state index in [-0.39, 0.29) is 12.6 Å². The molecule has 1 saturated heterocycles. The lowest BCUT2D eigenvalue weighted by Gasteiger charge is -2.34. The summed E-state index contributed by atoms with van der Waals surface area (Å²) in [4.78, 5) is 3.98. The van der Waals surface area contributed by atoms with E-state index < -0.39 is 10.2 Å². The van der Waals surface area contributed by atoms with Crippen LogP contribution in [-0.2, 0) is 16.8 Å². The van der Waals surface area contributed by atoms with Gasteiger partial charge in [0, 0.05) is 38.1 Å². The fourth-order valence-electron chi connectivity index (χ4n) is 2.49. The molecule has 0 radical (unpaired) electrons. The Labute approximate surface area is 120 Å². The van der Waals surface area contributed by atoms with Crippen molar-refractivity contribution in [1.82, 2.24) is 19.3 Å². The molecule has 1 aliphatic rings. The minimum absolute atomic E-state index is 0.0418. The Bertz CT molecular complexity index is 504. The number of rotatable bonds is 6. The van der Waals surface area contributed by atoms with Crippen molar-refractivity contribution >= 4 is 10.2 Å². The number of hydrogen-bond donors (Lipinski definition) is 2. The molecule has 0 aliphatic carbocycles. The van der Waals surface area contributed by atoms with E-state index in [1.165, 1.54) is 0 Å². The standard InChI is InChI=1S/C13H22N4O2S/c1-14-11-13-6-2-3-8-17(13)20(18,19)16-10-12-5-4-7-15-9-12/h4-5,7,9,13-14,16H,2-3,6,8,10-11H2,1H3. The van der Waals surface area contributed by atoms with Crippen molar-refractivity contribution in [2.24, 2.45) is 0 Å². The quantitative estimate of drug-likeness (QED) is 0.801. The Kier molecular flexibility index (Phi) is 5.47. The second-order valence-electron chi connectivity index (χ2n) is 5.01. The molecule has 1 atom stereocenters. The summed E-state index contributed by atoms with van der Waals surface area (Å²) in [7, 11) is -1.59. The topological polar surface area (TPSA) is 74.3 Å². The second kappa shape index (κ2) is 7.12. The Balaban J connectivity index is 2.01. The smallest absolute Gasteiger partial charge is 0.280 e. The van der Waals surface area contributed by atoms with Crippen molar-refractivity contribution in [3.05, 3.63) is 30.1 Å². The molecule has 1 aromatic heterocycles. The maximum absolute atomic E-state index is 12.4. The molecule has 1 fully saturated rings. The van der Waals surface area contributed by atoms with Crippen molar-refractivity contribution in [2.45, 2.75) is 31.8 Å². The molecule has 0 bridgehead atoms. The summed E-state index contributed by atoms with van der Waals surface area (Å²) in [5.74, 6) is 0. The molecule has 1 unspecified atom stereocenters. The molecular weight excluding hydrogens is 276 g/mol. The van der Waals surface area contributed by atoms with E-state index in [0.717, 1.165) is 24.8 Å². The van der Waals surface area contributed by atoms with Gasteiger partial charge in [-0.2, -0.15) is 17.4 Å². The van der Waals surface area contributed by atoms with Gasteiger partial charge in [0.2, 0.25) is 0 Å². The molecule has 1 aliphatic heterocycles. The number of nitrogens with one attached hydrogen (secondary N) is 2. The SMILES string of the molecule is CNCC1CCCCN1S(=O)(=O)NCc1cccnc1. The molecule has 2 rings (SSSR count). The lowest BCUT2D eigenvalue weighted by atomic mass is 10.1. The largest absolute Gasteiger partial charge is 0.318 e. The first-order valence-electron chi connectivity index (χ1n) is 6.93. The molecule has 20 heavy (non-hydrogen) atoms. The zero-order chi connectivity index (χ0) is 14.4.